The van der Waals surface area contributed by atoms with E-state index in [0.717, 1.165) is 24.2 Å². The summed E-state index contributed by atoms with van der Waals surface area (Å²) in [4.78, 5) is 13.1. The lowest BCUT2D eigenvalue weighted by atomic mass is 10.1. The number of anilines is 1. The van der Waals surface area contributed by atoms with Crippen molar-refractivity contribution in [2.24, 2.45) is 0 Å². The molecular formula is C18H19N5. The summed E-state index contributed by atoms with van der Waals surface area (Å²) in [5.74, 6) is 7.89. The molecule has 0 spiro atoms. The average Bonchev–Trinajstić information content (AvgIpc) is 2.94. The minimum absolute atomic E-state index is 0.333. The number of aromatic nitrogens is 4. The van der Waals surface area contributed by atoms with Gasteiger partial charge in [0.25, 0.3) is 0 Å². The zero-order valence-corrected chi connectivity index (χ0v) is 13.3. The molecule has 0 aliphatic carbocycles. The summed E-state index contributed by atoms with van der Waals surface area (Å²) < 4.78 is 2.01. The number of pyridine rings is 1. The molecule has 2 N–H and O–H groups in total. The highest BCUT2D eigenvalue weighted by Gasteiger charge is 2.17. The first kappa shape index (κ1) is 15.0. The summed E-state index contributed by atoms with van der Waals surface area (Å²) in [6.07, 6.45) is 7.48. The molecular weight excluding hydrogens is 286 g/mol. The fourth-order valence-electron chi connectivity index (χ4n) is 2.64. The van der Waals surface area contributed by atoms with Crippen molar-refractivity contribution in [1.82, 2.24) is 19.4 Å². The molecule has 23 heavy (non-hydrogen) atoms. The van der Waals surface area contributed by atoms with Crippen LogP contribution in [0.4, 0.5) is 5.82 Å². The van der Waals surface area contributed by atoms with Gasteiger partial charge in [-0.2, -0.15) is 0 Å². The van der Waals surface area contributed by atoms with Crippen LogP contribution in [-0.4, -0.2) is 19.4 Å². The van der Waals surface area contributed by atoms with Crippen LogP contribution in [0.3, 0.4) is 0 Å². The van der Waals surface area contributed by atoms with Crippen LogP contribution in [0, 0.1) is 11.8 Å². The Labute approximate surface area is 135 Å². The largest absolute Gasteiger partial charge is 0.382 e. The van der Waals surface area contributed by atoms with Gasteiger partial charge >= 0.3 is 0 Å². The highest BCUT2D eigenvalue weighted by Crippen LogP contribution is 2.25. The summed E-state index contributed by atoms with van der Waals surface area (Å²) in [5, 5.41) is 0. The topological polar surface area (TPSA) is 69.1 Å². The highest BCUT2D eigenvalue weighted by atomic mass is 15.1. The minimum Gasteiger partial charge on any atom is -0.382 e. The summed E-state index contributed by atoms with van der Waals surface area (Å²) in [6, 6.07) is 5.64. The van der Waals surface area contributed by atoms with Gasteiger partial charge in [0, 0.05) is 24.5 Å². The summed E-state index contributed by atoms with van der Waals surface area (Å²) in [5.41, 5.74) is 8.19. The normalized spacial score (nSPS) is 11.9. The quantitative estimate of drug-likeness (QED) is 0.755. The Kier molecular flexibility index (Phi) is 4.24. The monoisotopic (exact) mass is 305 g/mol. The number of nitrogen functional groups attached to an aromatic ring is 1. The zero-order valence-electron chi connectivity index (χ0n) is 13.3. The smallest absolute Gasteiger partial charge is 0.150 e. The summed E-state index contributed by atoms with van der Waals surface area (Å²) in [6.45, 7) is 4.34. The molecule has 0 saturated carbocycles. The van der Waals surface area contributed by atoms with Gasteiger partial charge < -0.3 is 5.73 Å². The van der Waals surface area contributed by atoms with E-state index < -0.39 is 0 Å². The number of imidazole rings is 1. The molecule has 116 valence electrons. The van der Waals surface area contributed by atoms with Crippen molar-refractivity contribution in [3.8, 4) is 11.8 Å². The van der Waals surface area contributed by atoms with Crippen LogP contribution in [-0.2, 0) is 0 Å². The van der Waals surface area contributed by atoms with Crippen molar-refractivity contribution in [2.45, 2.75) is 32.6 Å². The first-order valence-corrected chi connectivity index (χ1v) is 7.76. The molecule has 0 radical (unpaired) electrons. The lowest BCUT2D eigenvalue weighted by Gasteiger charge is -2.08. The van der Waals surface area contributed by atoms with Gasteiger partial charge in [0.05, 0.1) is 0 Å². The van der Waals surface area contributed by atoms with Crippen LogP contribution in [0.5, 0.6) is 0 Å². The third-order valence-corrected chi connectivity index (χ3v) is 3.75. The Morgan fingerprint density at radius 1 is 1.22 bits per heavy atom. The lowest BCUT2D eigenvalue weighted by Crippen LogP contribution is -2.02. The molecule has 3 aromatic rings. The van der Waals surface area contributed by atoms with Crippen LogP contribution < -0.4 is 5.73 Å². The molecule has 0 aromatic carbocycles. The Morgan fingerprint density at radius 2 is 2.09 bits per heavy atom. The number of fused-ring (bicyclic) bond motifs is 1. The Bertz CT molecular complexity index is 871. The molecule has 5 heteroatoms. The molecule has 3 heterocycles. The van der Waals surface area contributed by atoms with Crippen molar-refractivity contribution >= 4 is 11.3 Å². The van der Waals surface area contributed by atoms with E-state index in [1.807, 2.05) is 28.8 Å². The number of rotatable bonds is 3. The number of hydrogen-bond acceptors (Lipinski definition) is 4. The third-order valence-electron chi connectivity index (χ3n) is 3.75. The van der Waals surface area contributed by atoms with Gasteiger partial charge in [-0.15, -0.1) is 0 Å². The van der Waals surface area contributed by atoms with Crippen molar-refractivity contribution in [3.63, 3.8) is 0 Å². The maximum absolute atomic E-state index is 6.06. The van der Waals surface area contributed by atoms with E-state index in [4.69, 9.17) is 10.7 Å². The molecule has 5 nitrogen and oxygen atoms in total. The molecule has 0 bridgehead atoms. The SMILES string of the molecule is CCCC(C)c1nc(C#Cc2ccccn2)c2c(N)nccn12. The lowest BCUT2D eigenvalue weighted by molar-refractivity contribution is 0.624. The van der Waals surface area contributed by atoms with Gasteiger partial charge in [-0.1, -0.05) is 26.3 Å². The first-order valence-electron chi connectivity index (χ1n) is 7.76. The van der Waals surface area contributed by atoms with Crippen molar-refractivity contribution < 1.29 is 0 Å². The van der Waals surface area contributed by atoms with Crippen LogP contribution in [0.2, 0.25) is 0 Å². The van der Waals surface area contributed by atoms with Gasteiger partial charge in [-0.3, -0.25) is 4.40 Å². The van der Waals surface area contributed by atoms with E-state index in [2.05, 4.69) is 35.7 Å². The predicted octanol–water partition coefficient (Wildman–Crippen LogP) is 3.01. The molecule has 3 aromatic heterocycles. The number of nitrogens with zero attached hydrogens (tertiary/aromatic N) is 4. The van der Waals surface area contributed by atoms with E-state index >= 15 is 0 Å². The standard InChI is InChI=1S/C18H19N5/c1-3-6-13(2)18-22-15(9-8-14-7-4-5-10-20-14)16-17(19)21-11-12-23(16)18/h4-5,7,10-13H,3,6H2,1-2H3,(H2,19,21). The molecule has 0 saturated heterocycles. The first-order chi connectivity index (χ1) is 11.2. The second-order valence-electron chi connectivity index (χ2n) is 5.50. The molecule has 0 fully saturated rings. The van der Waals surface area contributed by atoms with Gasteiger partial charge in [-0.05, 0) is 30.4 Å². The van der Waals surface area contributed by atoms with Crippen molar-refractivity contribution in [1.29, 1.82) is 0 Å². The predicted molar refractivity (Wildman–Crippen MR) is 90.9 cm³/mol. The Balaban J connectivity index is 2.12. The number of hydrogen-bond donors (Lipinski definition) is 1. The fourth-order valence-corrected chi connectivity index (χ4v) is 2.64. The Hall–Kier alpha value is -2.87. The van der Waals surface area contributed by atoms with E-state index in [-0.39, 0.29) is 0 Å². The van der Waals surface area contributed by atoms with E-state index in [9.17, 15) is 0 Å². The van der Waals surface area contributed by atoms with E-state index in [1.54, 1.807) is 12.4 Å². The van der Waals surface area contributed by atoms with Gasteiger partial charge in [-0.25, -0.2) is 15.0 Å². The molecule has 1 atom stereocenters. The van der Waals surface area contributed by atoms with E-state index in [1.165, 1.54) is 0 Å². The molecule has 0 aliphatic rings. The van der Waals surface area contributed by atoms with Crippen LogP contribution >= 0.6 is 0 Å². The maximum atomic E-state index is 6.06. The molecule has 0 aliphatic heterocycles. The maximum Gasteiger partial charge on any atom is 0.150 e. The van der Waals surface area contributed by atoms with E-state index in [0.29, 0.717) is 23.1 Å². The van der Waals surface area contributed by atoms with Crippen LogP contribution in [0.15, 0.2) is 36.8 Å². The zero-order chi connectivity index (χ0) is 16.2. The fraction of sp³-hybridized carbons (Fsp3) is 0.278. The molecule has 0 amide bonds. The highest BCUT2D eigenvalue weighted by molar-refractivity contribution is 5.73. The van der Waals surface area contributed by atoms with Crippen LogP contribution in [0.25, 0.3) is 5.52 Å². The third kappa shape index (κ3) is 3.02. The Morgan fingerprint density at radius 3 is 2.83 bits per heavy atom. The molecule has 3 rings (SSSR count). The average molecular weight is 305 g/mol. The minimum atomic E-state index is 0.333. The van der Waals surface area contributed by atoms with Crippen LogP contribution in [0.1, 0.15) is 49.8 Å². The van der Waals surface area contributed by atoms with Crippen molar-refractivity contribution in [2.75, 3.05) is 5.73 Å². The second kappa shape index (κ2) is 6.49. The second-order valence-corrected chi connectivity index (χ2v) is 5.50. The van der Waals surface area contributed by atoms with Gasteiger partial charge in [0.2, 0.25) is 0 Å². The number of nitrogens with two attached hydrogens (primary N) is 1. The van der Waals surface area contributed by atoms with Crippen molar-refractivity contribution in [3.05, 3.63) is 54.0 Å². The molecule has 1 unspecified atom stereocenters. The van der Waals surface area contributed by atoms with Gasteiger partial charge in [0.1, 0.15) is 22.7 Å². The van der Waals surface area contributed by atoms with Gasteiger partial charge in [0.15, 0.2) is 5.82 Å². The summed E-state index contributed by atoms with van der Waals surface area (Å²) >= 11 is 0. The summed E-state index contributed by atoms with van der Waals surface area (Å²) in [7, 11) is 0.